The maximum atomic E-state index is 14.0. The van der Waals surface area contributed by atoms with Crippen molar-refractivity contribution in [3.8, 4) is 0 Å². The van der Waals surface area contributed by atoms with Crippen LogP contribution < -0.4 is 11.2 Å². The van der Waals surface area contributed by atoms with Crippen molar-refractivity contribution in [2.24, 2.45) is 0 Å². The fourth-order valence-corrected chi connectivity index (χ4v) is 2.27. The number of hydrogen-bond acceptors (Lipinski definition) is 2. The molecule has 0 fully saturated rings. The third kappa shape index (κ3) is 3.81. The molecule has 1 aromatic rings. The Hall–Kier alpha value is -1.39. The van der Waals surface area contributed by atoms with Gasteiger partial charge in [0.2, 0.25) is 5.82 Å². The lowest BCUT2D eigenvalue weighted by Gasteiger charge is -2.13. The smallest absolute Gasteiger partial charge is 0.295 e. The van der Waals surface area contributed by atoms with Crippen molar-refractivity contribution >= 4 is 0 Å². The molecule has 0 aliphatic heterocycles. The summed E-state index contributed by atoms with van der Waals surface area (Å²) in [7, 11) is 0. The van der Waals surface area contributed by atoms with E-state index in [4.69, 9.17) is 0 Å². The summed E-state index contributed by atoms with van der Waals surface area (Å²) < 4.78 is 16.4. The molecule has 0 amide bonds. The predicted molar refractivity (Wildman–Crippen MR) is 78.7 cm³/mol. The van der Waals surface area contributed by atoms with Crippen LogP contribution in [0.15, 0.2) is 9.59 Å². The summed E-state index contributed by atoms with van der Waals surface area (Å²) in [6, 6.07) is 0. The molecule has 0 N–H and O–H groups in total. The summed E-state index contributed by atoms with van der Waals surface area (Å²) in [5.74, 6) is -0.794. The van der Waals surface area contributed by atoms with Gasteiger partial charge in [0, 0.05) is 13.1 Å². The maximum absolute atomic E-state index is 14.0. The Labute approximate surface area is 119 Å². The molecule has 0 bridgehead atoms. The second-order valence-electron chi connectivity index (χ2n) is 5.20. The van der Waals surface area contributed by atoms with Gasteiger partial charge in [0.15, 0.2) is 0 Å². The van der Waals surface area contributed by atoms with E-state index in [2.05, 4.69) is 6.92 Å². The van der Waals surface area contributed by atoms with Gasteiger partial charge in [-0.1, -0.05) is 39.5 Å². The van der Waals surface area contributed by atoms with E-state index >= 15 is 0 Å². The third-order valence-electron chi connectivity index (χ3n) is 3.59. The third-order valence-corrected chi connectivity index (χ3v) is 3.59. The van der Waals surface area contributed by atoms with Gasteiger partial charge in [-0.3, -0.25) is 13.9 Å². The minimum absolute atomic E-state index is 0.155. The van der Waals surface area contributed by atoms with Crippen LogP contribution in [0.25, 0.3) is 0 Å². The lowest BCUT2D eigenvalue weighted by molar-refractivity contribution is 0.451. The molecule has 0 saturated heterocycles. The zero-order valence-electron chi connectivity index (χ0n) is 12.7. The number of halogens is 1. The average molecular weight is 284 g/mol. The molecule has 4 nitrogen and oxygen atoms in total. The Morgan fingerprint density at radius 1 is 0.900 bits per heavy atom. The number of hydrogen-bond donors (Lipinski definition) is 0. The van der Waals surface area contributed by atoms with Crippen molar-refractivity contribution in [3.05, 3.63) is 32.3 Å². The zero-order valence-corrected chi connectivity index (χ0v) is 12.7. The SMILES string of the molecule is CCCCCn1c(C)c(F)c(=O)n(CCCCC)c1=O. The molecule has 0 radical (unpaired) electrons. The first-order valence-electron chi connectivity index (χ1n) is 7.54. The highest BCUT2D eigenvalue weighted by Gasteiger charge is 2.15. The maximum Gasteiger partial charge on any atom is 0.331 e. The van der Waals surface area contributed by atoms with Crippen molar-refractivity contribution < 1.29 is 4.39 Å². The summed E-state index contributed by atoms with van der Waals surface area (Å²) in [5, 5.41) is 0. The quantitative estimate of drug-likeness (QED) is 0.689. The fraction of sp³-hybridized carbons (Fsp3) is 0.733. The van der Waals surface area contributed by atoms with Crippen LogP contribution in [0.2, 0.25) is 0 Å². The minimum atomic E-state index is -0.794. The van der Waals surface area contributed by atoms with E-state index in [9.17, 15) is 14.0 Å². The van der Waals surface area contributed by atoms with Crippen molar-refractivity contribution in [2.45, 2.75) is 72.4 Å². The minimum Gasteiger partial charge on any atom is -0.295 e. The number of nitrogens with zero attached hydrogens (tertiary/aromatic N) is 2. The van der Waals surface area contributed by atoms with Crippen LogP contribution in [0.3, 0.4) is 0 Å². The van der Waals surface area contributed by atoms with Gasteiger partial charge in [-0.25, -0.2) is 4.79 Å². The van der Waals surface area contributed by atoms with Gasteiger partial charge in [-0.15, -0.1) is 0 Å². The van der Waals surface area contributed by atoms with Crippen LogP contribution in [0.1, 0.15) is 58.1 Å². The highest BCUT2D eigenvalue weighted by atomic mass is 19.1. The summed E-state index contributed by atoms with van der Waals surface area (Å²) in [6.45, 7) is 6.39. The van der Waals surface area contributed by atoms with E-state index in [1.54, 1.807) is 0 Å². The Morgan fingerprint density at radius 3 is 1.90 bits per heavy atom. The van der Waals surface area contributed by atoms with E-state index < -0.39 is 11.4 Å². The van der Waals surface area contributed by atoms with Crippen LogP contribution in [-0.4, -0.2) is 9.13 Å². The van der Waals surface area contributed by atoms with Crippen LogP contribution >= 0.6 is 0 Å². The zero-order chi connectivity index (χ0) is 15.1. The predicted octanol–water partition coefficient (Wildman–Crippen LogP) is 2.84. The van der Waals surface area contributed by atoms with E-state index in [0.717, 1.165) is 43.1 Å². The van der Waals surface area contributed by atoms with E-state index in [0.29, 0.717) is 13.1 Å². The molecule has 0 aliphatic rings. The normalized spacial score (nSPS) is 11.0. The van der Waals surface area contributed by atoms with Gasteiger partial charge in [-0.2, -0.15) is 4.39 Å². The Bertz CT molecular complexity index is 546. The van der Waals surface area contributed by atoms with Gasteiger partial charge in [0.1, 0.15) is 0 Å². The van der Waals surface area contributed by atoms with Crippen LogP contribution in [0.4, 0.5) is 4.39 Å². The van der Waals surface area contributed by atoms with Gasteiger partial charge in [0.25, 0.3) is 5.56 Å². The first-order valence-corrected chi connectivity index (χ1v) is 7.54. The lowest BCUT2D eigenvalue weighted by atomic mass is 10.2. The molecule has 5 heteroatoms. The molecule has 20 heavy (non-hydrogen) atoms. The Morgan fingerprint density at radius 2 is 1.40 bits per heavy atom. The van der Waals surface area contributed by atoms with Crippen LogP contribution in [-0.2, 0) is 13.1 Å². The first-order chi connectivity index (χ1) is 9.54. The number of aromatic nitrogens is 2. The number of rotatable bonds is 8. The standard InChI is InChI=1S/C15H25FN2O2/c1-4-6-8-10-17-12(3)13(16)14(19)18(15(17)20)11-9-7-5-2/h4-11H2,1-3H3. The molecule has 0 aromatic carbocycles. The summed E-state index contributed by atoms with van der Waals surface area (Å²) in [6.07, 6.45) is 5.49. The highest BCUT2D eigenvalue weighted by molar-refractivity contribution is 5.03. The Kier molecular flexibility index (Phi) is 6.68. The molecule has 0 saturated carbocycles. The van der Waals surface area contributed by atoms with Gasteiger partial charge in [-0.05, 0) is 19.8 Å². The molecule has 0 aliphatic carbocycles. The van der Waals surface area contributed by atoms with E-state index in [1.807, 2.05) is 6.92 Å². The molecule has 1 heterocycles. The molecule has 1 aromatic heterocycles. The molecule has 1 rings (SSSR count). The molecule has 0 atom stereocenters. The average Bonchev–Trinajstić information content (AvgIpc) is 2.44. The van der Waals surface area contributed by atoms with Crippen LogP contribution in [0, 0.1) is 12.7 Å². The lowest BCUT2D eigenvalue weighted by Crippen LogP contribution is -2.43. The summed E-state index contributed by atoms with van der Waals surface area (Å²) in [4.78, 5) is 24.2. The van der Waals surface area contributed by atoms with Crippen molar-refractivity contribution in [1.29, 1.82) is 0 Å². The molecule has 114 valence electrons. The summed E-state index contributed by atoms with van der Waals surface area (Å²) >= 11 is 0. The summed E-state index contributed by atoms with van der Waals surface area (Å²) in [5.41, 5.74) is -1.00. The van der Waals surface area contributed by atoms with Gasteiger partial charge >= 0.3 is 5.69 Å². The number of unbranched alkanes of at least 4 members (excludes halogenated alkanes) is 4. The van der Waals surface area contributed by atoms with Crippen molar-refractivity contribution in [2.75, 3.05) is 0 Å². The molecular formula is C15H25FN2O2. The monoisotopic (exact) mass is 284 g/mol. The van der Waals surface area contributed by atoms with E-state index in [1.165, 1.54) is 11.5 Å². The van der Waals surface area contributed by atoms with Crippen molar-refractivity contribution in [3.63, 3.8) is 0 Å². The highest BCUT2D eigenvalue weighted by Crippen LogP contribution is 2.03. The van der Waals surface area contributed by atoms with E-state index in [-0.39, 0.29) is 11.4 Å². The first kappa shape index (κ1) is 16.7. The molecule has 0 unspecified atom stereocenters. The topological polar surface area (TPSA) is 44.0 Å². The van der Waals surface area contributed by atoms with Crippen molar-refractivity contribution in [1.82, 2.24) is 9.13 Å². The van der Waals surface area contributed by atoms with Gasteiger partial charge in [0.05, 0.1) is 5.69 Å². The molecule has 0 spiro atoms. The fourth-order valence-electron chi connectivity index (χ4n) is 2.27. The van der Waals surface area contributed by atoms with Crippen LogP contribution in [0.5, 0.6) is 0 Å². The Balaban J connectivity index is 3.11. The largest absolute Gasteiger partial charge is 0.331 e. The second kappa shape index (κ2) is 8.02. The van der Waals surface area contributed by atoms with Gasteiger partial charge < -0.3 is 0 Å². The molecular weight excluding hydrogens is 259 g/mol. The second-order valence-corrected chi connectivity index (χ2v) is 5.20.